The highest BCUT2D eigenvalue weighted by Crippen LogP contribution is 2.23. The quantitative estimate of drug-likeness (QED) is 0.888. The van der Waals surface area contributed by atoms with Gasteiger partial charge < -0.3 is 5.32 Å². The highest BCUT2D eigenvalue weighted by Gasteiger charge is 2.17. The Morgan fingerprint density at radius 1 is 1.10 bits per heavy atom. The summed E-state index contributed by atoms with van der Waals surface area (Å²) >= 11 is 0. The number of hydrogen-bond donors (Lipinski definition) is 1. The van der Waals surface area contributed by atoms with E-state index in [1.807, 2.05) is 31.2 Å². The van der Waals surface area contributed by atoms with Crippen molar-refractivity contribution in [3.63, 3.8) is 0 Å². The summed E-state index contributed by atoms with van der Waals surface area (Å²) in [4.78, 5) is 4.57. The van der Waals surface area contributed by atoms with Gasteiger partial charge in [0.05, 0.1) is 28.6 Å². The van der Waals surface area contributed by atoms with Gasteiger partial charge in [-0.15, -0.1) is 0 Å². The van der Waals surface area contributed by atoms with Crippen molar-refractivity contribution >= 4 is 15.5 Å². The molecule has 0 radical (unpaired) electrons. The zero-order valence-electron chi connectivity index (χ0n) is 11.4. The van der Waals surface area contributed by atoms with Crippen molar-refractivity contribution in [2.24, 2.45) is 0 Å². The lowest BCUT2D eigenvalue weighted by atomic mass is 10.3. The first-order chi connectivity index (χ1) is 9.63. The molecule has 0 spiro atoms. The van der Waals surface area contributed by atoms with Gasteiger partial charge in [0, 0.05) is 6.20 Å². The summed E-state index contributed by atoms with van der Waals surface area (Å²) in [6, 6.07) is 12.7. The first-order valence-corrected chi connectivity index (χ1v) is 8.24. The molecule has 0 fully saturated rings. The Kier molecular flexibility index (Phi) is 4.74. The number of rotatable bonds is 6. The third kappa shape index (κ3) is 3.57. The molecule has 0 aliphatic carbocycles. The molecular weight excluding hydrogens is 272 g/mol. The van der Waals surface area contributed by atoms with E-state index in [9.17, 15) is 8.42 Å². The molecule has 2 rings (SSSR count). The summed E-state index contributed by atoms with van der Waals surface area (Å²) in [6.45, 7) is 2.36. The number of nitrogens with zero attached hydrogens (tertiary/aromatic N) is 1. The number of anilines is 1. The van der Waals surface area contributed by atoms with Gasteiger partial charge in [0.25, 0.3) is 0 Å². The molecule has 0 unspecified atom stereocenters. The summed E-state index contributed by atoms with van der Waals surface area (Å²) in [6.07, 6.45) is 2.33. The number of aromatic nitrogens is 1. The van der Waals surface area contributed by atoms with Gasteiger partial charge in [0.15, 0.2) is 9.84 Å². The molecule has 20 heavy (non-hydrogen) atoms. The van der Waals surface area contributed by atoms with Gasteiger partial charge in [-0.3, -0.25) is 4.98 Å². The second-order valence-corrected chi connectivity index (χ2v) is 6.57. The van der Waals surface area contributed by atoms with Crippen LogP contribution in [0.4, 0.5) is 5.69 Å². The standard InChI is InChI=1S/C15H18N2O2S/c1-2-11-20(18,19)15-9-4-3-8-14(15)17-12-13-7-5-6-10-16-13/h3-10,17H,2,11-12H2,1H3. The van der Waals surface area contributed by atoms with Crippen molar-refractivity contribution in [3.8, 4) is 0 Å². The summed E-state index contributed by atoms with van der Waals surface area (Å²) < 4.78 is 24.4. The van der Waals surface area contributed by atoms with E-state index in [1.54, 1.807) is 24.4 Å². The topological polar surface area (TPSA) is 59.1 Å². The molecule has 5 heteroatoms. The highest BCUT2D eigenvalue weighted by molar-refractivity contribution is 7.91. The Morgan fingerprint density at radius 2 is 1.85 bits per heavy atom. The lowest BCUT2D eigenvalue weighted by Crippen LogP contribution is -2.10. The Bertz CT molecular complexity index is 655. The maximum atomic E-state index is 12.2. The normalized spacial score (nSPS) is 11.2. The minimum absolute atomic E-state index is 0.162. The van der Waals surface area contributed by atoms with Crippen LogP contribution in [0, 0.1) is 0 Å². The molecule has 0 saturated carbocycles. The molecule has 0 bridgehead atoms. The van der Waals surface area contributed by atoms with Crippen LogP contribution in [0.15, 0.2) is 53.6 Å². The molecule has 0 amide bonds. The smallest absolute Gasteiger partial charge is 0.180 e. The van der Waals surface area contributed by atoms with Crippen molar-refractivity contribution in [3.05, 3.63) is 54.4 Å². The van der Waals surface area contributed by atoms with Gasteiger partial charge >= 0.3 is 0 Å². The summed E-state index contributed by atoms with van der Waals surface area (Å²) in [5.41, 5.74) is 1.50. The van der Waals surface area contributed by atoms with Crippen LogP contribution in [-0.2, 0) is 16.4 Å². The van der Waals surface area contributed by atoms with Crippen LogP contribution < -0.4 is 5.32 Å². The Hall–Kier alpha value is -1.88. The lowest BCUT2D eigenvalue weighted by Gasteiger charge is -2.11. The third-order valence-electron chi connectivity index (χ3n) is 2.88. The molecule has 106 valence electrons. The average Bonchev–Trinajstić information content (AvgIpc) is 2.46. The molecule has 0 aliphatic rings. The minimum atomic E-state index is -3.23. The second kappa shape index (κ2) is 6.52. The van der Waals surface area contributed by atoms with E-state index < -0.39 is 9.84 Å². The van der Waals surface area contributed by atoms with E-state index in [4.69, 9.17) is 0 Å². The van der Waals surface area contributed by atoms with E-state index in [1.165, 1.54) is 0 Å². The van der Waals surface area contributed by atoms with E-state index in [-0.39, 0.29) is 5.75 Å². The molecule has 2 aromatic rings. The van der Waals surface area contributed by atoms with Gasteiger partial charge in [-0.2, -0.15) is 0 Å². The van der Waals surface area contributed by atoms with Gasteiger partial charge in [-0.25, -0.2) is 8.42 Å². The fourth-order valence-electron chi connectivity index (χ4n) is 1.95. The Balaban J connectivity index is 2.21. The molecule has 1 N–H and O–H groups in total. The lowest BCUT2D eigenvalue weighted by molar-refractivity contribution is 0.595. The largest absolute Gasteiger partial charge is 0.378 e. The zero-order chi connectivity index (χ0) is 14.4. The van der Waals surface area contributed by atoms with Gasteiger partial charge in [0.2, 0.25) is 0 Å². The maximum Gasteiger partial charge on any atom is 0.180 e. The predicted octanol–water partition coefficient (Wildman–Crippen LogP) is 2.88. The van der Waals surface area contributed by atoms with Crippen molar-refractivity contribution < 1.29 is 8.42 Å². The monoisotopic (exact) mass is 290 g/mol. The number of pyridine rings is 1. The average molecular weight is 290 g/mol. The van der Waals surface area contributed by atoms with E-state index in [0.717, 1.165) is 5.69 Å². The SMILES string of the molecule is CCCS(=O)(=O)c1ccccc1NCc1ccccn1. The Morgan fingerprint density at radius 3 is 2.55 bits per heavy atom. The summed E-state index contributed by atoms with van der Waals surface area (Å²) in [7, 11) is -3.23. The van der Waals surface area contributed by atoms with Crippen molar-refractivity contribution in [2.45, 2.75) is 24.8 Å². The van der Waals surface area contributed by atoms with E-state index >= 15 is 0 Å². The summed E-state index contributed by atoms with van der Waals surface area (Å²) in [5, 5.41) is 3.15. The van der Waals surface area contributed by atoms with Crippen molar-refractivity contribution in [2.75, 3.05) is 11.1 Å². The Labute approximate surface area is 119 Å². The van der Waals surface area contributed by atoms with Crippen LogP contribution >= 0.6 is 0 Å². The van der Waals surface area contributed by atoms with Crippen molar-refractivity contribution in [1.29, 1.82) is 0 Å². The fourth-order valence-corrected chi connectivity index (χ4v) is 3.47. The first kappa shape index (κ1) is 14.5. The highest BCUT2D eigenvalue weighted by atomic mass is 32.2. The van der Waals surface area contributed by atoms with Crippen molar-refractivity contribution in [1.82, 2.24) is 4.98 Å². The number of benzene rings is 1. The maximum absolute atomic E-state index is 12.2. The molecule has 1 heterocycles. The van der Waals surface area contributed by atoms with Crippen LogP contribution in [0.3, 0.4) is 0 Å². The number of nitrogens with one attached hydrogen (secondary N) is 1. The molecule has 0 saturated heterocycles. The number of para-hydroxylation sites is 1. The van der Waals surface area contributed by atoms with Crippen LogP contribution in [-0.4, -0.2) is 19.2 Å². The van der Waals surface area contributed by atoms with E-state index in [2.05, 4.69) is 10.3 Å². The van der Waals surface area contributed by atoms with Crippen LogP contribution in [0.2, 0.25) is 0 Å². The van der Waals surface area contributed by atoms with Crippen LogP contribution in [0.5, 0.6) is 0 Å². The second-order valence-electron chi connectivity index (χ2n) is 4.49. The van der Waals surface area contributed by atoms with Gasteiger partial charge in [-0.1, -0.05) is 25.1 Å². The number of sulfone groups is 1. The third-order valence-corrected chi connectivity index (χ3v) is 4.85. The molecule has 0 atom stereocenters. The first-order valence-electron chi connectivity index (χ1n) is 6.59. The minimum Gasteiger partial charge on any atom is -0.378 e. The molecule has 1 aromatic carbocycles. The van der Waals surface area contributed by atoms with Gasteiger partial charge in [0.1, 0.15) is 0 Å². The van der Waals surface area contributed by atoms with Gasteiger partial charge in [-0.05, 0) is 30.7 Å². The molecule has 4 nitrogen and oxygen atoms in total. The molecular formula is C15H18N2O2S. The van der Waals surface area contributed by atoms with E-state index in [0.29, 0.717) is 23.5 Å². The number of hydrogen-bond acceptors (Lipinski definition) is 4. The molecule has 1 aromatic heterocycles. The van der Waals surface area contributed by atoms with Crippen LogP contribution in [0.25, 0.3) is 0 Å². The zero-order valence-corrected chi connectivity index (χ0v) is 12.2. The molecule has 0 aliphatic heterocycles. The summed E-state index contributed by atoms with van der Waals surface area (Å²) in [5.74, 6) is 0.162. The predicted molar refractivity (Wildman–Crippen MR) is 80.3 cm³/mol. The van der Waals surface area contributed by atoms with Crippen LogP contribution in [0.1, 0.15) is 19.0 Å². The fraction of sp³-hybridized carbons (Fsp3) is 0.267.